The minimum atomic E-state index is 0.453. The second kappa shape index (κ2) is 4.49. The molecule has 0 spiro atoms. The summed E-state index contributed by atoms with van der Waals surface area (Å²) in [6.07, 6.45) is 2.69. The smallest absolute Gasteiger partial charge is 0.197 e. The Morgan fingerprint density at radius 3 is 2.75 bits per heavy atom. The van der Waals surface area contributed by atoms with Crippen LogP contribution in [-0.2, 0) is 0 Å². The van der Waals surface area contributed by atoms with Crippen LogP contribution in [-0.4, -0.2) is 24.1 Å². The van der Waals surface area contributed by atoms with Crippen molar-refractivity contribution < 1.29 is 4.74 Å². The third kappa shape index (κ3) is 2.24. The van der Waals surface area contributed by atoms with Gasteiger partial charge in [-0.3, -0.25) is 0 Å². The van der Waals surface area contributed by atoms with E-state index in [1.54, 1.807) is 7.11 Å². The number of rotatable bonds is 5. The minimum Gasteiger partial charge on any atom is -0.490 e. The fourth-order valence-electron chi connectivity index (χ4n) is 1.77. The third-order valence-corrected chi connectivity index (χ3v) is 3.78. The van der Waals surface area contributed by atoms with Gasteiger partial charge in [-0.1, -0.05) is 0 Å². The van der Waals surface area contributed by atoms with Gasteiger partial charge >= 0.3 is 0 Å². The van der Waals surface area contributed by atoms with Gasteiger partial charge < -0.3 is 15.4 Å². The molecule has 4 nitrogen and oxygen atoms in total. The molecule has 0 bridgehead atoms. The van der Waals surface area contributed by atoms with Crippen LogP contribution in [0.4, 0.5) is 10.8 Å². The SMILES string of the molecule is COc1c(N)nsc1N(CC1CC1)C(C)C. The van der Waals surface area contributed by atoms with Crippen molar-refractivity contribution >= 4 is 22.4 Å². The van der Waals surface area contributed by atoms with Gasteiger partial charge in [0.1, 0.15) is 0 Å². The molecule has 2 rings (SSSR count). The minimum absolute atomic E-state index is 0.453. The third-order valence-electron chi connectivity index (χ3n) is 2.90. The summed E-state index contributed by atoms with van der Waals surface area (Å²) < 4.78 is 9.50. The van der Waals surface area contributed by atoms with Crippen molar-refractivity contribution in [3.8, 4) is 5.75 Å². The van der Waals surface area contributed by atoms with Crippen LogP contribution in [0.5, 0.6) is 5.75 Å². The van der Waals surface area contributed by atoms with E-state index in [1.807, 2.05) is 0 Å². The molecular formula is C11H19N3OS. The molecule has 90 valence electrons. The number of ether oxygens (including phenoxy) is 1. The topological polar surface area (TPSA) is 51.4 Å². The maximum absolute atomic E-state index is 5.78. The van der Waals surface area contributed by atoms with Crippen molar-refractivity contribution in [2.45, 2.75) is 32.7 Å². The van der Waals surface area contributed by atoms with Gasteiger partial charge in [-0.2, -0.15) is 4.37 Å². The Bertz CT molecular complexity index is 360. The molecular weight excluding hydrogens is 222 g/mol. The van der Waals surface area contributed by atoms with Crippen LogP contribution in [0.3, 0.4) is 0 Å². The first kappa shape index (κ1) is 11.5. The predicted octanol–water partition coefficient (Wildman–Crippen LogP) is 2.36. The predicted molar refractivity (Wildman–Crippen MR) is 68.3 cm³/mol. The molecule has 1 fully saturated rings. The van der Waals surface area contributed by atoms with Crippen molar-refractivity contribution in [3.63, 3.8) is 0 Å². The monoisotopic (exact) mass is 241 g/mol. The Hall–Kier alpha value is -0.970. The van der Waals surface area contributed by atoms with Crippen molar-refractivity contribution in [2.24, 2.45) is 5.92 Å². The van der Waals surface area contributed by atoms with E-state index in [-0.39, 0.29) is 0 Å². The lowest BCUT2D eigenvalue weighted by atomic mass is 10.3. The summed E-state index contributed by atoms with van der Waals surface area (Å²) in [7, 11) is 1.65. The summed E-state index contributed by atoms with van der Waals surface area (Å²) in [5, 5.41) is 1.07. The van der Waals surface area contributed by atoms with Crippen LogP contribution in [0.25, 0.3) is 0 Å². The normalized spacial score (nSPS) is 15.5. The number of methoxy groups -OCH3 is 1. The molecule has 1 aromatic rings. The van der Waals surface area contributed by atoms with E-state index in [2.05, 4.69) is 23.1 Å². The van der Waals surface area contributed by atoms with E-state index in [1.165, 1.54) is 24.4 Å². The Balaban J connectivity index is 2.22. The average Bonchev–Trinajstić information content (AvgIpc) is 2.98. The first-order valence-electron chi connectivity index (χ1n) is 5.69. The molecule has 1 aromatic heterocycles. The number of nitrogen functional groups attached to an aromatic ring is 1. The zero-order valence-electron chi connectivity index (χ0n) is 10.1. The molecule has 1 aliphatic carbocycles. The highest BCUT2D eigenvalue weighted by molar-refractivity contribution is 7.11. The number of nitrogens with zero attached hydrogens (tertiary/aromatic N) is 2. The maximum atomic E-state index is 5.78. The van der Waals surface area contributed by atoms with Crippen LogP contribution in [0.2, 0.25) is 0 Å². The molecule has 0 aromatic carbocycles. The van der Waals surface area contributed by atoms with E-state index >= 15 is 0 Å². The highest BCUT2D eigenvalue weighted by Gasteiger charge is 2.28. The standard InChI is InChI=1S/C11H19N3OS/c1-7(2)14(6-8-4-5-8)11-9(15-3)10(12)13-16-11/h7-8H,4-6H2,1-3H3,(H2,12,13). The Morgan fingerprint density at radius 2 is 2.25 bits per heavy atom. The van der Waals surface area contributed by atoms with Crippen LogP contribution in [0.15, 0.2) is 0 Å². The second-order valence-electron chi connectivity index (χ2n) is 4.60. The van der Waals surface area contributed by atoms with E-state index in [9.17, 15) is 0 Å². The maximum Gasteiger partial charge on any atom is 0.197 e. The summed E-state index contributed by atoms with van der Waals surface area (Å²) in [6.45, 7) is 5.48. The summed E-state index contributed by atoms with van der Waals surface area (Å²) in [6, 6.07) is 0.453. The zero-order valence-corrected chi connectivity index (χ0v) is 10.9. The fraction of sp³-hybridized carbons (Fsp3) is 0.727. The van der Waals surface area contributed by atoms with Crippen molar-refractivity contribution in [1.29, 1.82) is 0 Å². The van der Waals surface area contributed by atoms with E-state index in [4.69, 9.17) is 10.5 Å². The van der Waals surface area contributed by atoms with Gasteiger partial charge in [0.05, 0.1) is 7.11 Å². The molecule has 1 saturated carbocycles. The molecule has 0 aliphatic heterocycles. The summed E-state index contributed by atoms with van der Waals surface area (Å²) >= 11 is 1.43. The van der Waals surface area contributed by atoms with Gasteiger partial charge in [0, 0.05) is 12.6 Å². The summed E-state index contributed by atoms with van der Waals surface area (Å²) in [5.74, 6) is 2.08. The van der Waals surface area contributed by atoms with Gasteiger partial charge in [0.15, 0.2) is 16.6 Å². The molecule has 2 N–H and O–H groups in total. The van der Waals surface area contributed by atoms with Gasteiger partial charge in [-0.15, -0.1) is 0 Å². The van der Waals surface area contributed by atoms with Crippen molar-refractivity contribution in [1.82, 2.24) is 4.37 Å². The van der Waals surface area contributed by atoms with Gasteiger partial charge in [0.25, 0.3) is 0 Å². The summed E-state index contributed by atoms with van der Waals surface area (Å²) in [5.41, 5.74) is 5.78. The van der Waals surface area contributed by atoms with Crippen LogP contribution in [0.1, 0.15) is 26.7 Å². The number of anilines is 2. The largest absolute Gasteiger partial charge is 0.490 e. The van der Waals surface area contributed by atoms with Crippen LogP contribution >= 0.6 is 11.5 Å². The molecule has 5 heteroatoms. The van der Waals surface area contributed by atoms with Crippen LogP contribution in [0, 0.1) is 5.92 Å². The van der Waals surface area contributed by atoms with E-state index in [0.29, 0.717) is 11.9 Å². The highest BCUT2D eigenvalue weighted by Crippen LogP contribution is 2.41. The zero-order chi connectivity index (χ0) is 11.7. The second-order valence-corrected chi connectivity index (χ2v) is 5.35. The highest BCUT2D eigenvalue weighted by atomic mass is 32.1. The molecule has 1 aliphatic rings. The lowest BCUT2D eigenvalue weighted by molar-refractivity contribution is 0.416. The van der Waals surface area contributed by atoms with Gasteiger partial charge in [0.2, 0.25) is 0 Å². The molecule has 16 heavy (non-hydrogen) atoms. The number of nitrogens with two attached hydrogens (primary N) is 1. The fourth-order valence-corrected chi connectivity index (χ4v) is 2.70. The first-order valence-corrected chi connectivity index (χ1v) is 6.46. The average molecular weight is 241 g/mol. The molecule has 0 radical (unpaired) electrons. The quantitative estimate of drug-likeness (QED) is 0.859. The first-order chi connectivity index (χ1) is 7.63. The Kier molecular flexibility index (Phi) is 3.23. The van der Waals surface area contributed by atoms with E-state index in [0.717, 1.165) is 23.2 Å². The molecule has 0 saturated heterocycles. The number of aromatic nitrogens is 1. The number of hydrogen-bond donors (Lipinski definition) is 1. The summed E-state index contributed by atoms with van der Waals surface area (Å²) in [4.78, 5) is 2.35. The van der Waals surface area contributed by atoms with Gasteiger partial charge in [-0.25, -0.2) is 0 Å². The van der Waals surface area contributed by atoms with Crippen molar-refractivity contribution in [3.05, 3.63) is 0 Å². The van der Waals surface area contributed by atoms with Crippen molar-refractivity contribution in [2.75, 3.05) is 24.3 Å². The number of hydrogen-bond acceptors (Lipinski definition) is 5. The van der Waals surface area contributed by atoms with E-state index < -0.39 is 0 Å². The lowest BCUT2D eigenvalue weighted by Gasteiger charge is -2.27. The molecule has 0 unspecified atom stereocenters. The molecule has 1 heterocycles. The Morgan fingerprint density at radius 1 is 1.56 bits per heavy atom. The lowest BCUT2D eigenvalue weighted by Crippen LogP contribution is -2.32. The van der Waals surface area contributed by atoms with Crippen LogP contribution < -0.4 is 15.4 Å². The molecule has 0 amide bonds. The van der Waals surface area contributed by atoms with Gasteiger partial charge in [-0.05, 0) is 44.1 Å². The molecule has 0 atom stereocenters. The Labute approximate surface area is 101 Å².